The Hall–Kier alpha value is -0.870. The summed E-state index contributed by atoms with van der Waals surface area (Å²) in [5, 5.41) is 3.25. The summed E-state index contributed by atoms with van der Waals surface area (Å²) in [5.74, 6) is 0.615. The Morgan fingerprint density at radius 2 is 2.00 bits per heavy atom. The summed E-state index contributed by atoms with van der Waals surface area (Å²) in [6, 6.07) is 6.27. The van der Waals surface area contributed by atoms with Gasteiger partial charge in [-0.3, -0.25) is 4.99 Å². The van der Waals surface area contributed by atoms with Gasteiger partial charge in [0.2, 0.25) is 10.0 Å². The molecule has 3 rings (SSSR count). The molecule has 6 nitrogen and oxygen atoms in total. The van der Waals surface area contributed by atoms with Gasteiger partial charge in [-0.2, -0.15) is 0 Å². The predicted octanol–water partition coefficient (Wildman–Crippen LogP) is 2.63. The first-order valence-corrected chi connectivity index (χ1v) is 11.0. The second kappa shape index (κ2) is 9.36. The average Bonchev–Trinajstić information content (AvgIpc) is 2.98. The third-order valence-corrected chi connectivity index (χ3v) is 5.91. The molecule has 2 aliphatic carbocycles. The summed E-state index contributed by atoms with van der Waals surface area (Å²) < 4.78 is 25.7. The van der Waals surface area contributed by atoms with Crippen LogP contribution in [0.4, 0.5) is 5.69 Å². The number of aryl methyl sites for hydroxylation is 1. The van der Waals surface area contributed by atoms with Crippen molar-refractivity contribution in [2.45, 2.75) is 51.0 Å². The molecule has 0 amide bonds. The van der Waals surface area contributed by atoms with Gasteiger partial charge >= 0.3 is 0 Å². The van der Waals surface area contributed by atoms with Crippen LogP contribution in [0.5, 0.6) is 0 Å². The molecule has 0 radical (unpaired) electrons. The van der Waals surface area contributed by atoms with Gasteiger partial charge in [-0.1, -0.05) is 18.6 Å². The number of anilines is 1. The average molecular weight is 492 g/mol. The number of sulfonamides is 1. The first-order valence-electron chi connectivity index (χ1n) is 9.07. The minimum absolute atomic E-state index is 0. The van der Waals surface area contributed by atoms with Gasteiger partial charge in [0.1, 0.15) is 0 Å². The van der Waals surface area contributed by atoms with E-state index < -0.39 is 10.0 Å². The molecule has 8 heteroatoms. The molecule has 0 saturated heterocycles. The molecule has 4 N–H and O–H groups in total. The van der Waals surface area contributed by atoms with Gasteiger partial charge in [-0.05, 0) is 61.6 Å². The fraction of sp³-hybridized carbons (Fsp3) is 0.611. The number of aliphatic imine (C=N–C) groups is 1. The van der Waals surface area contributed by atoms with Gasteiger partial charge in [-0.25, -0.2) is 13.1 Å². The largest absolute Gasteiger partial charge is 0.370 e. The van der Waals surface area contributed by atoms with E-state index in [0.29, 0.717) is 12.5 Å². The molecule has 0 aliphatic heterocycles. The molecule has 0 heterocycles. The van der Waals surface area contributed by atoms with E-state index in [4.69, 9.17) is 5.73 Å². The number of nitrogens with one attached hydrogen (secondary N) is 2. The highest BCUT2D eigenvalue weighted by Gasteiger charge is 2.29. The van der Waals surface area contributed by atoms with Crippen molar-refractivity contribution in [3.63, 3.8) is 0 Å². The van der Waals surface area contributed by atoms with Crippen LogP contribution in [-0.4, -0.2) is 33.2 Å². The Morgan fingerprint density at radius 3 is 2.77 bits per heavy atom. The summed E-state index contributed by atoms with van der Waals surface area (Å²) in [6.07, 6.45) is 8.74. The number of guanidine groups is 1. The number of nitrogens with two attached hydrogens (primary N) is 1. The van der Waals surface area contributed by atoms with E-state index in [9.17, 15) is 8.42 Å². The van der Waals surface area contributed by atoms with Crippen molar-refractivity contribution < 1.29 is 8.42 Å². The maximum absolute atomic E-state index is 11.5. The number of benzene rings is 1. The molecule has 0 aromatic heterocycles. The number of nitrogens with zero attached hydrogens (tertiary/aromatic N) is 1. The molecule has 1 aromatic carbocycles. The molecule has 1 fully saturated rings. The molecule has 0 bridgehead atoms. The fourth-order valence-electron chi connectivity index (χ4n) is 3.98. The Morgan fingerprint density at radius 1 is 1.23 bits per heavy atom. The van der Waals surface area contributed by atoms with Gasteiger partial charge in [0, 0.05) is 18.3 Å². The number of hydrogen-bond acceptors (Lipinski definition) is 3. The summed E-state index contributed by atoms with van der Waals surface area (Å²) in [7, 11) is -3.18. The zero-order valence-corrected chi connectivity index (χ0v) is 18.3. The lowest BCUT2D eigenvalue weighted by molar-refractivity contribution is 0.455. The highest BCUT2D eigenvalue weighted by Crippen LogP contribution is 2.28. The van der Waals surface area contributed by atoms with Crippen molar-refractivity contribution in [1.82, 2.24) is 4.72 Å². The molecule has 1 saturated carbocycles. The van der Waals surface area contributed by atoms with E-state index in [2.05, 4.69) is 33.2 Å². The second-order valence-corrected chi connectivity index (χ2v) is 8.97. The zero-order valence-electron chi connectivity index (χ0n) is 15.2. The van der Waals surface area contributed by atoms with Crippen LogP contribution in [0.25, 0.3) is 0 Å². The Kier molecular flexibility index (Phi) is 7.72. The molecule has 2 aliphatic rings. The molecule has 2 unspecified atom stereocenters. The summed E-state index contributed by atoms with van der Waals surface area (Å²) in [5.41, 5.74) is 9.89. The SMILES string of the molecule is CS(=O)(=O)NC1CCCC1CN=C(N)Nc1cccc2c1CCCC2.I. The van der Waals surface area contributed by atoms with E-state index in [0.717, 1.165) is 37.8 Å². The van der Waals surface area contributed by atoms with Crippen LogP contribution in [0.2, 0.25) is 0 Å². The molecular weight excluding hydrogens is 463 g/mol. The lowest BCUT2D eigenvalue weighted by Crippen LogP contribution is -2.38. The second-order valence-electron chi connectivity index (χ2n) is 7.19. The normalized spacial score (nSPS) is 23.2. The minimum Gasteiger partial charge on any atom is -0.370 e. The van der Waals surface area contributed by atoms with E-state index in [1.165, 1.54) is 30.2 Å². The van der Waals surface area contributed by atoms with E-state index in [1.807, 2.05) is 0 Å². The summed E-state index contributed by atoms with van der Waals surface area (Å²) >= 11 is 0. The van der Waals surface area contributed by atoms with Crippen molar-refractivity contribution in [2.24, 2.45) is 16.6 Å². The van der Waals surface area contributed by atoms with E-state index in [-0.39, 0.29) is 35.9 Å². The molecule has 2 atom stereocenters. The maximum Gasteiger partial charge on any atom is 0.208 e. The van der Waals surface area contributed by atoms with Gasteiger partial charge in [0.15, 0.2) is 5.96 Å². The van der Waals surface area contributed by atoms with E-state index in [1.54, 1.807) is 0 Å². The maximum atomic E-state index is 11.5. The van der Waals surface area contributed by atoms with Gasteiger partial charge in [0.25, 0.3) is 0 Å². The van der Waals surface area contributed by atoms with Crippen LogP contribution in [0.1, 0.15) is 43.2 Å². The van der Waals surface area contributed by atoms with E-state index >= 15 is 0 Å². The van der Waals surface area contributed by atoms with Crippen molar-refractivity contribution in [2.75, 3.05) is 18.1 Å². The van der Waals surface area contributed by atoms with Crippen LogP contribution in [-0.2, 0) is 22.9 Å². The number of rotatable bonds is 5. The van der Waals surface area contributed by atoms with Crippen LogP contribution in [0.3, 0.4) is 0 Å². The van der Waals surface area contributed by atoms with Crippen molar-refractivity contribution in [1.29, 1.82) is 0 Å². The minimum atomic E-state index is -3.18. The first-order chi connectivity index (χ1) is 11.9. The van der Waals surface area contributed by atoms with Crippen molar-refractivity contribution in [3.05, 3.63) is 29.3 Å². The lowest BCUT2D eigenvalue weighted by atomic mass is 9.90. The van der Waals surface area contributed by atoms with Crippen LogP contribution < -0.4 is 15.8 Å². The highest BCUT2D eigenvalue weighted by molar-refractivity contribution is 14.0. The topological polar surface area (TPSA) is 96.6 Å². The number of fused-ring (bicyclic) bond motifs is 1. The number of hydrogen-bond donors (Lipinski definition) is 3. The standard InChI is InChI=1S/C18H28N4O2S.HI/c1-25(23,24)22-16-10-5-8-14(16)12-20-18(19)21-17-11-4-7-13-6-2-3-9-15(13)17;/h4,7,11,14,16,22H,2-3,5-6,8-10,12H2,1H3,(H3,19,20,21);1H. The fourth-order valence-corrected chi connectivity index (χ4v) is 4.84. The van der Waals surface area contributed by atoms with Crippen LogP contribution >= 0.6 is 24.0 Å². The lowest BCUT2D eigenvalue weighted by Gasteiger charge is -2.20. The third-order valence-electron chi connectivity index (χ3n) is 5.18. The Balaban J connectivity index is 0.00000243. The molecule has 1 aromatic rings. The molecule has 0 spiro atoms. The number of halogens is 1. The van der Waals surface area contributed by atoms with Crippen LogP contribution in [0, 0.1) is 5.92 Å². The smallest absolute Gasteiger partial charge is 0.208 e. The summed E-state index contributed by atoms with van der Waals surface area (Å²) in [6.45, 7) is 0.543. The molecule has 26 heavy (non-hydrogen) atoms. The van der Waals surface area contributed by atoms with Gasteiger partial charge < -0.3 is 11.1 Å². The zero-order chi connectivity index (χ0) is 17.9. The summed E-state index contributed by atoms with van der Waals surface area (Å²) in [4.78, 5) is 4.48. The first kappa shape index (κ1) is 21.4. The Bertz CT molecular complexity index is 752. The highest BCUT2D eigenvalue weighted by atomic mass is 127. The van der Waals surface area contributed by atoms with Gasteiger partial charge in [-0.15, -0.1) is 24.0 Å². The monoisotopic (exact) mass is 492 g/mol. The van der Waals surface area contributed by atoms with Crippen molar-refractivity contribution in [3.8, 4) is 0 Å². The van der Waals surface area contributed by atoms with Crippen LogP contribution in [0.15, 0.2) is 23.2 Å². The van der Waals surface area contributed by atoms with Gasteiger partial charge in [0.05, 0.1) is 6.26 Å². The third kappa shape index (κ3) is 5.82. The Labute approximate surface area is 173 Å². The quantitative estimate of drug-likeness (QED) is 0.335. The predicted molar refractivity (Wildman–Crippen MR) is 118 cm³/mol. The molecular formula is C18H29IN4O2S. The van der Waals surface area contributed by atoms with Crippen molar-refractivity contribution >= 4 is 45.6 Å². The molecule has 146 valence electrons.